The van der Waals surface area contributed by atoms with Crippen LogP contribution in [0.4, 0.5) is 11.4 Å². The average molecular weight is 334 g/mol. The Kier molecular flexibility index (Phi) is 6.43. The molecule has 1 aromatic carbocycles. The fraction of sp³-hybridized carbons (Fsp3) is 0.529. The molecule has 4 N–H and O–H groups in total. The first-order valence-corrected chi connectivity index (χ1v) is 8.29. The van der Waals surface area contributed by atoms with Crippen molar-refractivity contribution in [3.63, 3.8) is 0 Å². The summed E-state index contributed by atoms with van der Waals surface area (Å²) in [6.45, 7) is 5.69. The van der Waals surface area contributed by atoms with Gasteiger partial charge in [0, 0.05) is 32.6 Å². The lowest BCUT2D eigenvalue weighted by atomic mass is 10.1. The zero-order valence-electron chi connectivity index (χ0n) is 14.2. The third-order valence-electron chi connectivity index (χ3n) is 4.11. The van der Waals surface area contributed by atoms with Crippen LogP contribution in [0.1, 0.15) is 18.9 Å². The number of nitrogens with two attached hydrogens (primary N) is 2. The lowest BCUT2D eigenvalue weighted by Crippen LogP contribution is -2.49. The number of rotatable bonds is 7. The molecule has 1 aliphatic rings. The van der Waals surface area contributed by atoms with Crippen LogP contribution in [0.25, 0.3) is 0 Å². The molecule has 0 saturated carbocycles. The van der Waals surface area contributed by atoms with Crippen LogP contribution in [0.2, 0.25) is 0 Å². The van der Waals surface area contributed by atoms with Crippen molar-refractivity contribution in [2.75, 3.05) is 50.0 Å². The second-order valence-corrected chi connectivity index (χ2v) is 5.93. The van der Waals surface area contributed by atoms with Crippen LogP contribution in [-0.4, -0.2) is 56.1 Å². The van der Waals surface area contributed by atoms with Gasteiger partial charge >= 0.3 is 5.97 Å². The number of carbonyl (C=O) groups excluding carboxylic acids is 2. The van der Waals surface area contributed by atoms with Crippen molar-refractivity contribution >= 4 is 23.3 Å². The number of nitrogens with zero attached hydrogens (tertiary/aromatic N) is 2. The molecule has 0 radical (unpaired) electrons. The highest BCUT2D eigenvalue weighted by atomic mass is 16.5. The molecule has 1 aromatic rings. The normalized spacial score (nSPS) is 15.3. The summed E-state index contributed by atoms with van der Waals surface area (Å²) in [6, 6.07) is 5.92. The Hall–Kier alpha value is -2.28. The van der Waals surface area contributed by atoms with E-state index in [1.54, 1.807) is 6.92 Å². The minimum absolute atomic E-state index is 0.189. The number of primary amides is 1. The minimum atomic E-state index is -0.297. The number of esters is 1. The molecule has 2 rings (SSSR count). The van der Waals surface area contributed by atoms with Gasteiger partial charge in [0.05, 0.1) is 24.5 Å². The number of benzene rings is 1. The Morgan fingerprint density at radius 2 is 1.92 bits per heavy atom. The first-order valence-electron chi connectivity index (χ1n) is 8.29. The Balaban J connectivity index is 1.91. The Bertz CT molecular complexity index is 583. The number of piperazine rings is 1. The third-order valence-corrected chi connectivity index (χ3v) is 4.11. The van der Waals surface area contributed by atoms with Crippen LogP contribution in [-0.2, 0) is 20.7 Å². The molecule has 1 saturated heterocycles. The van der Waals surface area contributed by atoms with E-state index in [0.29, 0.717) is 31.7 Å². The zero-order chi connectivity index (χ0) is 17.5. The largest absolute Gasteiger partial charge is 0.466 e. The molecule has 132 valence electrons. The van der Waals surface area contributed by atoms with E-state index < -0.39 is 0 Å². The van der Waals surface area contributed by atoms with Gasteiger partial charge in [0.15, 0.2) is 0 Å². The highest BCUT2D eigenvalue weighted by molar-refractivity contribution is 5.76. The summed E-state index contributed by atoms with van der Waals surface area (Å²) in [6.07, 6.45) is 0.980. The number of hydrogen-bond donors (Lipinski definition) is 2. The number of hydrogen-bond acceptors (Lipinski definition) is 6. The van der Waals surface area contributed by atoms with Crippen molar-refractivity contribution < 1.29 is 14.3 Å². The summed E-state index contributed by atoms with van der Waals surface area (Å²) >= 11 is 0. The number of ether oxygens (including phenoxy) is 1. The zero-order valence-corrected chi connectivity index (χ0v) is 14.2. The second-order valence-electron chi connectivity index (χ2n) is 5.93. The predicted octanol–water partition coefficient (Wildman–Crippen LogP) is 0.372. The molecule has 7 nitrogen and oxygen atoms in total. The molecule has 0 atom stereocenters. The number of carbonyl (C=O) groups is 2. The van der Waals surface area contributed by atoms with E-state index in [1.807, 2.05) is 23.1 Å². The van der Waals surface area contributed by atoms with E-state index in [0.717, 1.165) is 37.4 Å². The minimum Gasteiger partial charge on any atom is -0.466 e. The monoisotopic (exact) mass is 334 g/mol. The summed E-state index contributed by atoms with van der Waals surface area (Å²) in [5.41, 5.74) is 14.1. The van der Waals surface area contributed by atoms with Crippen molar-refractivity contribution in [3.05, 3.63) is 23.8 Å². The predicted molar refractivity (Wildman–Crippen MR) is 93.7 cm³/mol. The Labute approximate surface area is 142 Å². The molecule has 0 aromatic heterocycles. The third kappa shape index (κ3) is 5.13. The van der Waals surface area contributed by atoms with Crippen molar-refractivity contribution in [3.8, 4) is 0 Å². The van der Waals surface area contributed by atoms with Crippen LogP contribution in [0.15, 0.2) is 18.2 Å². The van der Waals surface area contributed by atoms with Crippen molar-refractivity contribution in [2.24, 2.45) is 5.73 Å². The molecule has 0 bridgehead atoms. The van der Waals surface area contributed by atoms with Gasteiger partial charge in [0.2, 0.25) is 5.91 Å². The van der Waals surface area contributed by atoms with Gasteiger partial charge in [-0.05, 0) is 31.0 Å². The van der Waals surface area contributed by atoms with Crippen LogP contribution in [0.3, 0.4) is 0 Å². The van der Waals surface area contributed by atoms with Crippen LogP contribution in [0.5, 0.6) is 0 Å². The van der Waals surface area contributed by atoms with E-state index in [2.05, 4.69) is 4.90 Å². The summed E-state index contributed by atoms with van der Waals surface area (Å²) < 4.78 is 4.93. The second kappa shape index (κ2) is 8.54. The Morgan fingerprint density at radius 3 is 2.50 bits per heavy atom. The molecule has 0 spiro atoms. The number of amides is 1. The summed E-state index contributed by atoms with van der Waals surface area (Å²) in [5.74, 6) is -0.486. The molecular weight excluding hydrogens is 308 g/mol. The van der Waals surface area contributed by atoms with Gasteiger partial charge in [0.25, 0.3) is 0 Å². The van der Waals surface area contributed by atoms with E-state index in [-0.39, 0.29) is 11.9 Å². The lowest BCUT2D eigenvalue weighted by molar-refractivity contribution is -0.143. The fourth-order valence-corrected chi connectivity index (χ4v) is 2.89. The van der Waals surface area contributed by atoms with Crippen molar-refractivity contribution in [1.82, 2.24) is 4.90 Å². The van der Waals surface area contributed by atoms with Gasteiger partial charge in [-0.25, -0.2) is 0 Å². The maximum Gasteiger partial charge on any atom is 0.306 e. The smallest absolute Gasteiger partial charge is 0.306 e. The summed E-state index contributed by atoms with van der Waals surface area (Å²) in [5, 5.41) is 0. The molecule has 0 aliphatic carbocycles. The van der Waals surface area contributed by atoms with Crippen molar-refractivity contribution in [1.29, 1.82) is 0 Å². The quantitative estimate of drug-likeness (QED) is 0.552. The molecule has 1 fully saturated rings. The Morgan fingerprint density at radius 1 is 1.21 bits per heavy atom. The number of nitrogen functional groups attached to an aromatic ring is 1. The number of aryl methyl sites for hydroxylation is 1. The average Bonchev–Trinajstić information content (AvgIpc) is 2.54. The summed E-state index contributed by atoms with van der Waals surface area (Å²) in [7, 11) is 0. The number of anilines is 2. The SMILES string of the molecule is CCOC(=O)CCc1ccc(N2CCN(CC(N)=O)CC2)c(N)c1. The van der Waals surface area contributed by atoms with Gasteiger partial charge in [0.1, 0.15) is 0 Å². The van der Waals surface area contributed by atoms with Gasteiger partial charge < -0.3 is 21.1 Å². The first kappa shape index (κ1) is 18.1. The molecule has 1 heterocycles. The van der Waals surface area contributed by atoms with Crippen LogP contribution in [0, 0.1) is 0 Å². The van der Waals surface area contributed by atoms with E-state index in [9.17, 15) is 9.59 Å². The van der Waals surface area contributed by atoms with Gasteiger partial charge in [-0.15, -0.1) is 0 Å². The molecule has 24 heavy (non-hydrogen) atoms. The molecular formula is C17H26N4O3. The standard InChI is InChI=1S/C17H26N4O3/c1-2-24-17(23)6-4-13-3-5-15(14(18)11-13)21-9-7-20(8-10-21)12-16(19)22/h3,5,11H,2,4,6-10,12,18H2,1H3,(H2,19,22). The van der Waals surface area contributed by atoms with E-state index in [1.165, 1.54) is 0 Å². The molecule has 7 heteroatoms. The topological polar surface area (TPSA) is 102 Å². The van der Waals surface area contributed by atoms with Crippen molar-refractivity contribution in [2.45, 2.75) is 19.8 Å². The van der Waals surface area contributed by atoms with Gasteiger partial charge in [-0.1, -0.05) is 6.07 Å². The molecule has 0 unspecified atom stereocenters. The van der Waals surface area contributed by atoms with Crippen LogP contribution < -0.4 is 16.4 Å². The maximum atomic E-state index is 11.4. The van der Waals surface area contributed by atoms with E-state index in [4.69, 9.17) is 16.2 Å². The van der Waals surface area contributed by atoms with Gasteiger partial charge in [-0.2, -0.15) is 0 Å². The van der Waals surface area contributed by atoms with E-state index >= 15 is 0 Å². The highest BCUT2D eigenvalue weighted by Gasteiger charge is 2.19. The molecule has 1 aliphatic heterocycles. The summed E-state index contributed by atoms with van der Waals surface area (Å²) in [4.78, 5) is 26.7. The fourth-order valence-electron chi connectivity index (χ4n) is 2.89. The first-order chi connectivity index (χ1) is 11.5. The highest BCUT2D eigenvalue weighted by Crippen LogP contribution is 2.26. The maximum absolute atomic E-state index is 11.4. The molecule has 1 amide bonds. The van der Waals surface area contributed by atoms with Gasteiger partial charge in [-0.3, -0.25) is 14.5 Å². The lowest BCUT2D eigenvalue weighted by Gasteiger charge is -2.36. The van der Waals surface area contributed by atoms with Crippen LogP contribution >= 0.6 is 0 Å².